The van der Waals surface area contributed by atoms with Gasteiger partial charge in [0.25, 0.3) is 0 Å². The van der Waals surface area contributed by atoms with Crippen molar-refractivity contribution in [2.24, 2.45) is 0 Å². The van der Waals surface area contributed by atoms with Crippen molar-refractivity contribution in [1.29, 1.82) is 0 Å². The van der Waals surface area contributed by atoms with Gasteiger partial charge in [-0.15, -0.1) is 11.8 Å². The number of aryl methyl sites for hydroxylation is 1. The zero-order valence-electron chi connectivity index (χ0n) is 9.66. The molecule has 0 heterocycles. The maximum atomic E-state index is 11.2. The minimum absolute atomic E-state index is 0.122. The van der Waals surface area contributed by atoms with Crippen LogP contribution in [0.5, 0.6) is 0 Å². The second kappa shape index (κ2) is 7.63. The van der Waals surface area contributed by atoms with Gasteiger partial charge in [0, 0.05) is 17.2 Å². The molecule has 1 aromatic rings. The van der Waals surface area contributed by atoms with Gasteiger partial charge in [-0.05, 0) is 25.3 Å². The first-order valence-electron chi connectivity index (χ1n) is 5.17. The van der Waals surface area contributed by atoms with Crippen LogP contribution in [0.15, 0.2) is 29.2 Å². The molecule has 0 atom stereocenters. The highest BCUT2D eigenvalue weighted by Gasteiger charge is 1.98. The van der Waals surface area contributed by atoms with Crippen LogP contribution in [-0.4, -0.2) is 30.2 Å². The van der Waals surface area contributed by atoms with Gasteiger partial charge in [-0.1, -0.05) is 17.7 Å². The van der Waals surface area contributed by atoms with Crippen LogP contribution in [0.3, 0.4) is 0 Å². The second-order valence-corrected chi connectivity index (χ2v) is 5.48. The highest BCUT2D eigenvalue weighted by molar-refractivity contribution is 7.99. The fourth-order valence-corrected chi connectivity index (χ4v) is 2.31. The third kappa shape index (κ3) is 5.47. The van der Waals surface area contributed by atoms with Crippen LogP contribution >= 0.6 is 23.5 Å². The molecule has 0 aliphatic heterocycles. The zero-order valence-corrected chi connectivity index (χ0v) is 11.3. The Kier molecular flexibility index (Phi) is 6.42. The second-order valence-electron chi connectivity index (χ2n) is 3.44. The van der Waals surface area contributed by atoms with E-state index in [0.29, 0.717) is 5.75 Å². The molecule has 4 heteroatoms. The lowest BCUT2D eigenvalue weighted by molar-refractivity contribution is -0.118. The molecule has 16 heavy (non-hydrogen) atoms. The third-order valence-electron chi connectivity index (χ3n) is 1.99. The lowest BCUT2D eigenvalue weighted by Crippen LogP contribution is -2.27. The number of rotatable bonds is 6. The summed E-state index contributed by atoms with van der Waals surface area (Å²) in [5.41, 5.74) is 1.28. The van der Waals surface area contributed by atoms with Gasteiger partial charge >= 0.3 is 0 Å². The van der Waals surface area contributed by atoms with E-state index in [9.17, 15) is 4.79 Å². The lowest BCUT2D eigenvalue weighted by Gasteiger charge is -2.04. The molecule has 0 aliphatic rings. The van der Waals surface area contributed by atoms with Crippen molar-refractivity contribution < 1.29 is 4.79 Å². The number of amides is 1. The maximum Gasteiger partial charge on any atom is 0.230 e. The largest absolute Gasteiger partial charge is 0.355 e. The minimum Gasteiger partial charge on any atom is -0.355 e. The molecule has 0 aliphatic carbocycles. The standard InChI is InChI=1S/C12H17NOS2/c1-10-3-5-11(6-4-10)16-8-7-13-12(14)9-15-2/h3-6H,7-9H2,1-2H3,(H,13,14). The van der Waals surface area contributed by atoms with E-state index in [2.05, 4.69) is 36.5 Å². The first-order valence-corrected chi connectivity index (χ1v) is 7.55. The van der Waals surface area contributed by atoms with Gasteiger partial charge in [-0.2, -0.15) is 11.8 Å². The molecule has 0 unspecified atom stereocenters. The molecule has 0 saturated heterocycles. The van der Waals surface area contributed by atoms with Crippen molar-refractivity contribution in [2.45, 2.75) is 11.8 Å². The molecule has 0 bridgehead atoms. The van der Waals surface area contributed by atoms with Crippen LogP contribution in [0.2, 0.25) is 0 Å². The number of hydrogen-bond acceptors (Lipinski definition) is 3. The minimum atomic E-state index is 0.122. The van der Waals surface area contributed by atoms with Crippen molar-refractivity contribution >= 4 is 29.4 Å². The first kappa shape index (κ1) is 13.5. The van der Waals surface area contributed by atoms with E-state index >= 15 is 0 Å². The van der Waals surface area contributed by atoms with Crippen LogP contribution in [0, 0.1) is 6.92 Å². The summed E-state index contributed by atoms with van der Waals surface area (Å²) in [7, 11) is 0. The van der Waals surface area contributed by atoms with Crippen LogP contribution in [0.4, 0.5) is 0 Å². The Morgan fingerprint density at radius 1 is 1.31 bits per heavy atom. The van der Waals surface area contributed by atoms with Gasteiger partial charge in [0.05, 0.1) is 5.75 Å². The van der Waals surface area contributed by atoms with E-state index in [-0.39, 0.29) is 5.91 Å². The number of hydrogen-bond donors (Lipinski definition) is 1. The zero-order chi connectivity index (χ0) is 11.8. The summed E-state index contributed by atoms with van der Waals surface area (Å²) in [6.45, 7) is 2.81. The van der Waals surface area contributed by atoms with Gasteiger partial charge < -0.3 is 5.32 Å². The van der Waals surface area contributed by atoms with E-state index in [4.69, 9.17) is 0 Å². The van der Waals surface area contributed by atoms with Gasteiger partial charge in [0.1, 0.15) is 0 Å². The molecule has 0 saturated carbocycles. The molecule has 1 aromatic carbocycles. The number of carbonyl (C=O) groups excluding carboxylic acids is 1. The topological polar surface area (TPSA) is 29.1 Å². The number of nitrogens with one attached hydrogen (secondary N) is 1. The summed E-state index contributed by atoms with van der Waals surface area (Å²) < 4.78 is 0. The Morgan fingerprint density at radius 3 is 2.62 bits per heavy atom. The summed E-state index contributed by atoms with van der Waals surface area (Å²) in [6.07, 6.45) is 1.93. The van der Waals surface area contributed by atoms with Crippen LogP contribution in [-0.2, 0) is 4.79 Å². The van der Waals surface area contributed by atoms with E-state index in [1.807, 2.05) is 6.26 Å². The summed E-state index contributed by atoms with van der Waals surface area (Å²) in [4.78, 5) is 12.4. The highest BCUT2D eigenvalue weighted by atomic mass is 32.2. The fraction of sp³-hybridized carbons (Fsp3) is 0.417. The number of carbonyl (C=O) groups is 1. The third-order valence-corrected chi connectivity index (χ3v) is 3.55. The molecular weight excluding hydrogens is 238 g/mol. The molecule has 0 aromatic heterocycles. The molecule has 2 nitrogen and oxygen atoms in total. The number of thioether (sulfide) groups is 2. The predicted octanol–water partition coefficient (Wildman–Crippen LogP) is 2.57. The molecule has 0 radical (unpaired) electrons. The quantitative estimate of drug-likeness (QED) is 0.626. The Morgan fingerprint density at radius 2 is 2.00 bits per heavy atom. The summed E-state index contributed by atoms with van der Waals surface area (Å²) in [5.74, 6) is 1.59. The summed E-state index contributed by atoms with van der Waals surface area (Å²) in [5, 5.41) is 2.88. The van der Waals surface area contributed by atoms with E-state index < -0.39 is 0 Å². The maximum absolute atomic E-state index is 11.2. The highest BCUT2D eigenvalue weighted by Crippen LogP contribution is 2.17. The molecule has 1 N–H and O–H groups in total. The van der Waals surface area contributed by atoms with Crippen molar-refractivity contribution in [3.8, 4) is 0 Å². The average Bonchev–Trinajstić information content (AvgIpc) is 2.27. The molecule has 1 rings (SSSR count). The normalized spacial score (nSPS) is 10.1. The summed E-state index contributed by atoms with van der Waals surface area (Å²) >= 11 is 3.31. The smallest absolute Gasteiger partial charge is 0.230 e. The first-order chi connectivity index (χ1) is 7.72. The van der Waals surface area contributed by atoms with Crippen molar-refractivity contribution in [3.05, 3.63) is 29.8 Å². The van der Waals surface area contributed by atoms with E-state index in [1.54, 1.807) is 23.5 Å². The predicted molar refractivity (Wildman–Crippen MR) is 73.3 cm³/mol. The van der Waals surface area contributed by atoms with Gasteiger partial charge in [-0.3, -0.25) is 4.79 Å². The number of benzene rings is 1. The Labute approximate surface area is 106 Å². The van der Waals surface area contributed by atoms with Gasteiger partial charge in [-0.25, -0.2) is 0 Å². The molecule has 0 fully saturated rings. The molecule has 1 amide bonds. The van der Waals surface area contributed by atoms with Crippen molar-refractivity contribution in [1.82, 2.24) is 5.32 Å². The molecular formula is C12H17NOS2. The van der Waals surface area contributed by atoms with Crippen LogP contribution < -0.4 is 5.32 Å². The van der Waals surface area contributed by atoms with Gasteiger partial charge in [0.15, 0.2) is 0 Å². The van der Waals surface area contributed by atoms with Crippen molar-refractivity contribution in [3.63, 3.8) is 0 Å². The average molecular weight is 255 g/mol. The molecule has 88 valence electrons. The SMILES string of the molecule is CSCC(=O)NCCSc1ccc(C)cc1. The summed E-state index contributed by atoms with van der Waals surface area (Å²) in [6, 6.07) is 8.44. The van der Waals surface area contributed by atoms with E-state index in [1.165, 1.54) is 10.5 Å². The van der Waals surface area contributed by atoms with Crippen molar-refractivity contribution in [2.75, 3.05) is 24.3 Å². The Hall–Kier alpha value is -0.610. The fourth-order valence-electron chi connectivity index (χ4n) is 1.18. The Bertz CT molecular complexity index is 324. The van der Waals surface area contributed by atoms with Crippen LogP contribution in [0.25, 0.3) is 0 Å². The lowest BCUT2D eigenvalue weighted by atomic mass is 10.2. The monoisotopic (exact) mass is 255 g/mol. The van der Waals surface area contributed by atoms with E-state index in [0.717, 1.165) is 12.3 Å². The van der Waals surface area contributed by atoms with Crippen LogP contribution in [0.1, 0.15) is 5.56 Å². The Balaban J connectivity index is 2.16. The van der Waals surface area contributed by atoms with Gasteiger partial charge in [0.2, 0.25) is 5.91 Å². The molecule has 0 spiro atoms.